The number of carbonyl (C=O) groups excluding carboxylic acids is 2. The molecule has 168 valence electrons. The van der Waals surface area contributed by atoms with Gasteiger partial charge < -0.3 is 15.2 Å². The first-order valence-electron chi connectivity index (χ1n) is 9.09. The van der Waals surface area contributed by atoms with E-state index in [9.17, 15) is 23.1 Å². The smallest absolute Gasteiger partial charge is 0.266 e. The fraction of sp³-hybridized carbons (Fsp3) is 0.150. The summed E-state index contributed by atoms with van der Waals surface area (Å²) in [5.74, 6) is -0.702. The van der Waals surface area contributed by atoms with Crippen LogP contribution in [-0.4, -0.2) is 47.7 Å². The summed E-state index contributed by atoms with van der Waals surface area (Å²) in [5, 5.41) is 17.4. The van der Waals surface area contributed by atoms with Crippen LogP contribution in [0.3, 0.4) is 0 Å². The predicted molar refractivity (Wildman–Crippen MR) is 126 cm³/mol. The number of benzene rings is 2. The third-order valence-corrected chi connectivity index (χ3v) is 6.80. The number of hydrogen-bond donors (Lipinski definition) is 3. The quantitative estimate of drug-likeness (QED) is 0.411. The minimum atomic E-state index is -3.84. The largest absolute Gasteiger partial charge is 0.504 e. The van der Waals surface area contributed by atoms with Crippen LogP contribution in [0.2, 0.25) is 0 Å². The highest BCUT2D eigenvalue weighted by atomic mass is 32.2. The fourth-order valence-corrected chi connectivity index (χ4v) is 4.77. The van der Waals surface area contributed by atoms with E-state index in [1.807, 2.05) is 0 Å². The number of sulfonamides is 1. The van der Waals surface area contributed by atoms with Crippen molar-refractivity contribution in [2.24, 2.45) is 5.14 Å². The summed E-state index contributed by atoms with van der Waals surface area (Å²) in [4.78, 5) is 27.0. The van der Waals surface area contributed by atoms with E-state index in [-0.39, 0.29) is 20.7 Å². The van der Waals surface area contributed by atoms with Crippen molar-refractivity contribution in [3.05, 3.63) is 52.9 Å². The lowest BCUT2D eigenvalue weighted by atomic mass is 10.1. The number of nitrogens with two attached hydrogens (primary N) is 1. The van der Waals surface area contributed by atoms with Crippen molar-refractivity contribution in [3.8, 4) is 11.5 Å². The molecule has 0 saturated carbocycles. The SMILES string of the molecule is COc1cc(/C=C2\SC(=S)N(C(C)C(=O)Nc3ccc(S(N)(=O)=O)cc3)C2=O)ccc1O. The van der Waals surface area contributed by atoms with Gasteiger partial charge in [-0.15, -0.1) is 0 Å². The number of ether oxygens (including phenoxy) is 1. The second kappa shape index (κ2) is 9.28. The van der Waals surface area contributed by atoms with Crippen LogP contribution in [0, 0.1) is 0 Å². The normalized spacial score (nSPS) is 16.3. The van der Waals surface area contributed by atoms with E-state index in [0.717, 1.165) is 11.8 Å². The van der Waals surface area contributed by atoms with E-state index in [0.29, 0.717) is 16.2 Å². The topological polar surface area (TPSA) is 139 Å². The molecular formula is C20H19N3O6S3. The molecule has 4 N–H and O–H groups in total. The molecule has 1 aliphatic heterocycles. The molecule has 12 heteroatoms. The van der Waals surface area contributed by atoms with Crippen molar-refractivity contribution in [1.82, 2.24) is 4.90 Å². The van der Waals surface area contributed by atoms with Crippen molar-refractivity contribution in [2.45, 2.75) is 17.9 Å². The Bertz CT molecular complexity index is 1230. The van der Waals surface area contributed by atoms with Crippen LogP contribution in [0.4, 0.5) is 5.69 Å². The van der Waals surface area contributed by atoms with Crippen molar-refractivity contribution in [2.75, 3.05) is 12.4 Å². The highest BCUT2D eigenvalue weighted by Crippen LogP contribution is 2.35. The van der Waals surface area contributed by atoms with Crippen molar-refractivity contribution in [1.29, 1.82) is 0 Å². The summed E-state index contributed by atoms with van der Waals surface area (Å²) < 4.78 is 28.0. The molecule has 1 heterocycles. The second-order valence-corrected chi connectivity index (χ2v) is 9.95. The standard InChI is InChI=1S/C20H19N3O6S3/c1-11(18(25)22-13-4-6-14(7-5-13)32(21,27)28)23-19(26)17(31-20(23)30)10-12-3-8-15(24)16(9-12)29-2/h3-11,24H,1-2H3,(H,22,25)(H2,21,27,28)/b17-10-. The summed E-state index contributed by atoms with van der Waals surface area (Å²) in [7, 11) is -2.43. The molecule has 1 unspecified atom stereocenters. The van der Waals surface area contributed by atoms with E-state index in [1.165, 1.54) is 49.3 Å². The Labute approximate surface area is 194 Å². The molecule has 3 rings (SSSR count). The lowest BCUT2D eigenvalue weighted by molar-refractivity contribution is -0.129. The Balaban J connectivity index is 1.75. The van der Waals surface area contributed by atoms with Crippen LogP contribution in [0.1, 0.15) is 12.5 Å². The van der Waals surface area contributed by atoms with E-state index in [4.69, 9.17) is 22.1 Å². The molecule has 0 spiro atoms. The first-order valence-corrected chi connectivity index (χ1v) is 11.9. The minimum Gasteiger partial charge on any atom is -0.504 e. The molecule has 0 bridgehead atoms. The zero-order valence-corrected chi connectivity index (χ0v) is 19.4. The number of thiocarbonyl (C=S) groups is 1. The molecule has 0 aromatic heterocycles. The fourth-order valence-electron chi connectivity index (χ4n) is 2.84. The van der Waals surface area contributed by atoms with E-state index < -0.39 is 27.9 Å². The number of carbonyl (C=O) groups is 2. The number of nitrogens with zero attached hydrogens (tertiary/aromatic N) is 1. The summed E-state index contributed by atoms with van der Waals surface area (Å²) in [6, 6.07) is 9.05. The maximum absolute atomic E-state index is 12.9. The lowest BCUT2D eigenvalue weighted by Gasteiger charge is -2.22. The number of hydrogen-bond acceptors (Lipinski definition) is 8. The molecule has 1 saturated heterocycles. The number of thioether (sulfide) groups is 1. The Morgan fingerprint density at radius 2 is 1.94 bits per heavy atom. The van der Waals surface area contributed by atoms with E-state index in [2.05, 4.69) is 5.32 Å². The molecule has 2 amide bonds. The summed E-state index contributed by atoms with van der Waals surface area (Å²) in [6.45, 7) is 1.53. The summed E-state index contributed by atoms with van der Waals surface area (Å²) in [6.07, 6.45) is 1.60. The van der Waals surface area contributed by atoms with Gasteiger partial charge in [-0.2, -0.15) is 0 Å². The zero-order valence-electron chi connectivity index (χ0n) is 16.9. The molecule has 1 aliphatic rings. The Morgan fingerprint density at radius 1 is 1.28 bits per heavy atom. The number of rotatable bonds is 6. The number of phenolic OH excluding ortho intramolecular Hbond substituents is 1. The highest BCUT2D eigenvalue weighted by Gasteiger charge is 2.38. The van der Waals surface area contributed by atoms with E-state index >= 15 is 0 Å². The monoisotopic (exact) mass is 493 g/mol. The lowest BCUT2D eigenvalue weighted by Crippen LogP contribution is -2.44. The van der Waals surface area contributed by atoms with Crippen molar-refractivity contribution >= 4 is 61.9 Å². The molecule has 1 atom stereocenters. The van der Waals surface area contributed by atoms with Crippen LogP contribution < -0.4 is 15.2 Å². The highest BCUT2D eigenvalue weighted by molar-refractivity contribution is 8.26. The Morgan fingerprint density at radius 3 is 2.53 bits per heavy atom. The maximum Gasteiger partial charge on any atom is 0.266 e. The molecule has 1 fully saturated rings. The van der Waals surface area contributed by atoms with Gasteiger partial charge in [0.15, 0.2) is 11.5 Å². The van der Waals surface area contributed by atoms with Crippen LogP contribution in [-0.2, 0) is 19.6 Å². The van der Waals surface area contributed by atoms with Gasteiger partial charge in [-0.05, 0) is 55.0 Å². The van der Waals surface area contributed by atoms with Crippen LogP contribution >= 0.6 is 24.0 Å². The van der Waals surface area contributed by atoms with Crippen molar-refractivity contribution < 1.29 is 27.9 Å². The summed E-state index contributed by atoms with van der Waals surface area (Å²) >= 11 is 6.36. The molecule has 0 aliphatic carbocycles. The van der Waals surface area contributed by atoms with Gasteiger partial charge in [0.2, 0.25) is 15.9 Å². The number of anilines is 1. The third kappa shape index (κ3) is 5.10. The number of phenols is 1. The second-order valence-electron chi connectivity index (χ2n) is 6.72. The number of aromatic hydroxyl groups is 1. The first kappa shape index (κ1) is 23.7. The van der Waals surface area contributed by atoms with Crippen LogP contribution in [0.25, 0.3) is 6.08 Å². The molecule has 0 radical (unpaired) electrons. The predicted octanol–water partition coefficient (Wildman–Crippen LogP) is 2.28. The molecule has 2 aromatic rings. The first-order chi connectivity index (χ1) is 15.0. The number of amides is 2. The van der Waals surface area contributed by atoms with Gasteiger partial charge >= 0.3 is 0 Å². The maximum atomic E-state index is 12.9. The molecule has 2 aromatic carbocycles. The third-order valence-electron chi connectivity index (χ3n) is 4.54. The zero-order chi connectivity index (χ0) is 23.6. The average Bonchev–Trinajstić information content (AvgIpc) is 3.01. The van der Waals surface area contributed by atoms with Gasteiger partial charge in [-0.1, -0.05) is 30.0 Å². The van der Waals surface area contributed by atoms with Gasteiger partial charge in [0.1, 0.15) is 10.4 Å². The van der Waals surface area contributed by atoms with E-state index in [1.54, 1.807) is 18.2 Å². The van der Waals surface area contributed by atoms with Gasteiger partial charge in [0.25, 0.3) is 5.91 Å². The number of methoxy groups -OCH3 is 1. The van der Waals surface area contributed by atoms with Gasteiger partial charge in [-0.25, -0.2) is 13.6 Å². The minimum absolute atomic E-state index is 0.0282. The Kier molecular flexibility index (Phi) is 6.88. The molecule has 32 heavy (non-hydrogen) atoms. The van der Waals surface area contributed by atoms with Gasteiger partial charge in [0, 0.05) is 5.69 Å². The molecule has 9 nitrogen and oxygen atoms in total. The molecular weight excluding hydrogens is 474 g/mol. The van der Waals surface area contributed by atoms with Crippen molar-refractivity contribution in [3.63, 3.8) is 0 Å². The average molecular weight is 494 g/mol. The van der Waals surface area contributed by atoms with Crippen LogP contribution in [0.5, 0.6) is 11.5 Å². The van der Waals surface area contributed by atoms with Gasteiger partial charge in [0.05, 0.1) is 16.9 Å². The van der Waals surface area contributed by atoms with Crippen LogP contribution in [0.15, 0.2) is 52.3 Å². The Hall–Kier alpha value is -2.93. The van der Waals surface area contributed by atoms with Gasteiger partial charge in [-0.3, -0.25) is 14.5 Å². The number of primary sulfonamides is 1. The summed E-state index contributed by atoms with van der Waals surface area (Å²) in [5.41, 5.74) is 0.957. The number of nitrogens with one attached hydrogen (secondary N) is 1.